The van der Waals surface area contributed by atoms with Gasteiger partial charge in [0, 0.05) is 35.9 Å². The molecular formula is C21H19ClN4. The Labute approximate surface area is 157 Å². The van der Waals surface area contributed by atoms with E-state index in [0.717, 1.165) is 32.9 Å². The van der Waals surface area contributed by atoms with E-state index in [4.69, 9.17) is 11.6 Å². The van der Waals surface area contributed by atoms with Crippen molar-refractivity contribution in [3.05, 3.63) is 70.8 Å². The predicted molar refractivity (Wildman–Crippen MR) is 106 cm³/mol. The van der Waals surface area contributed by atoms with E-state index in [1.54, 1.807) is 12.4 Å². The largest absolute Gasteiger partial charge is 0.341 e. The monoisotopic (exact) mass is 362 g/mol. The summed E-state index contributed by atoms with van der Waals surface area (Å²) in [7, 11) is 0. The second kappa shape index (κ2) is 7.55. The van der Waals surface area contributed by atoms with Crippen LogP contribution in [0.4, 0.5) is 0 Å². The summed E-state index contributed by atoms with van der Waals surface area (Å²) in [6.07, 6.45) is 7.14. The fourth-order valence-corrected chi connectivity index (χ4v) is 3.28. The number of rotatable bonds is 2. The molecule has 0 bridgehead atoms. The van der Waals surface area contributed by atoms with Crippen molar-refractivity contribution < 1.29 is 0 Å². The lowest BCUT2D eigenvalue weighted by atomic mass is 10.1. The van der Waals surface area contributed by atoms with Gasteiger partial charge >= 0.3 is 0 Å². The minimum absolute atomic E-state index is 0.609. The third-order valence-electron chi connectivity index (χ3n) is 4.16. The van der Waals surface area contributed by atoms with E-state index in [-0.39, 0.29) is 0 Å². The molecule has 0 fully saturated rings. The highest BCUT2D eigenvalue weighted by atomic mass is 35.5. The average molecular weight is 363 g/mol. The fourth-order valence-electron chi connectivity index (χ4n) is 3.11. The molecule has 1 aromatic carbocycles. The lowest BCUT2D eigenvalue weighted by Gasteiger charge is -2.07. The summed E-state index contributed by atoms with van der Waals surface area (Å²) in [4.78, 5) is 8.51. The molecule has 0 amide bonds. The van der Waals surface area contributed by atoms with E-state index in [9.17, 15) is 5.26 Å². The zero-order valence-corrected chi connectivity index (χ0v) is 15.7. The van der Waals surface area contributed by atoms with E-state index >= 15 is 0 Å². The summed E-state index contributed by atoms with van der Waals surface area (Å²) >= 11 is 6.04. The van der Waals surface area contributed by atoms with Crippen molar-refractivity contribution in [2.45, 2.75) is 27.3 Å². The van der Waals surface area contributed by atoms with Gasteiger partial charge in [0.1, 0.15) is 6.07 Å². The number of aromatic nitrogens is 3. The lowest BCUT2D eigenvalue weighted by molar-refractivity contribution is 0.833. The SMILES string of the molecule is CC.Cc1cn(Cc2ccc3ncc(Cl)cc3c2)c2cncc(C#N)c12. The van der Waals surface area contributed by atoms with Gasteiger partial charge in [0.2, 0.25) is 0 Å². The molecule has 4 aromatic rings. The molecule has 0 saturated heterocycles. The molecule has 0 unspecified atom stereocenters. The molecular weight excluding hydrogens is 344 g/mol. The second-order valence-corrected chi connectivity index (χ2v) is 6.25. The van der Waals surface area contributed by atoms with Gasteiger partial charge in [0.25, 0.3) is 0 Å². The maximum Gasteiger partial charge on any atom is 0.101 e. The van der Waals surface area contributed by atoms with Crippen molar-refractivity contribution in [3.63, 3.8) is 0 Å². The van der Waals surface area contributed by atoms with E-state index < -0.39 is 0 Å². The Balaban J connectivity index is 0.000000948. The van der Waals surface area contributed by atoms with Gasteiger partial charge in [0.15, 0.2) is 0 Å². The summed E-state index contributed by atoms with van der Waals surface area (Å²) in [5, 5.41) is 11.9. The smallest absolute Gasteiger partial charge is 0.101 e. The molecule has 0 aliphatic carbocycles. The van der Waals surface area contributed by atoms with E-state index in [1.165, 1.54) is 0 Å². The zero-order chi connectivity index (χ0) is 18.7. The van der Waals surface area contributed by atoms with E-state index in [2.05, 4.69) is 38.9 Å². The highest BCUT2D eigenvalue weighted by molar-refractivity contribution is 6.31. The van der Waals surface area contributed by atoms with Gasteiger partial charge < -0.3 is 4.57 Å². The molecule has 5 heteroatoms. The van der Waals surface area contributed by atoms with Crippen LogP contribution in [0.1, 0.15) is 30.5 Å². The van der Waals surface area contributed by atoms with Crippen molar-refractivity contribution in [2.75, 3.05) is 0 Å². The lowest BCUT2D eigenvalue weighted by Crippen LogP contribution is -1.98. The fraction of sp³-hybridized carbons (Fsp3) is 0.190. The van der Waals surface area contributed by atoms with Crippen LogP contribution in [0.15, 0.2) is 49.1 Å². The number of pyridine rings is 2. The number of fused-ring (bicyclic) bond motifs is 2. The molecule has 26 heavy (non-hydrogen) atoms. The Kier molecular flexibility index (Phi) is 5.20. The van der Waals surface area contributed by atoms with Crippen LogP contribution in [0, 0.1) is 18.3 Å². The molecule has 0 radical (unpaired) electrons. The van der Waals surface area contributed by atoms with Gasteiger partial charge in [0.05, 0.1) is 27.8 Å². The standard InChI is InChI=1S/C19H13ClN4.C2H6/c1-12-10-24(18-9-22-7-15(6-21)19(12)18)11-13-2-3-17-14(4-13)5-16(20)8-23-17;1-2/h2-5,7-10H,11H2,1H3;1-2H3. The third-order valence-corrected chi connectivity index (χ3v) is 4.37. The molecule has 0 spiro atoms. The highest BCUT2D eigenvalue weighted by Crippen LogP contribution is 2.25. The summed E-state index contributed by atoms with van der Waals surface area (Å²) in [5.74, 6) is 0. The third kappa shape index (κ3) is 3.26. The number of hydrogen-bond acceptors (Lipinski definition) is 3. The summed E-state index contributed by atoms with van der Waals surface area (Å²) in [5.41, 5.74) is 4.72. The van der Waals surface area contributed by atoms with Gasteiger partial charge in [-0.25, -0.2) is 0 Å². The molecule has 3 aromatic heterocycles. The minimum atomic E-state index is 0.609. The van der Waals surface area contributed by atoms with Crippen molar-refractivity contribution in [2.24, 2.45) is 0 Å². The first-order valence-electron chi connectivity index (χ1n) is 8.53. The van der Waals surface area contributed by atoms with Crippen molar-refractivity contribution in [3.8, 4) is 6.07 Å². The van der Waals surface area contributed by atoms with Gasteiger partial charge in [-0.1, -0.05) is 31.5 Å². The topological polar surface area (TPSA) is 54.5 Å². The van der Waals surface area contributed by atoms with Crippen molar-refractivity contribution in [1.29, 1.82) is 5.26 Å². The number of nitrogens with zero attached hydrogens (tertiary/aromatic N) is 4. The number of benzene rings is 1. The van der Waals surface area contributed by atoms with Crippen molar-refractivity contribution >= 4 is 33.4 Å². The van der Waals surface area contributed by atoms with Crippen LogP contribution in [0.5, 0.6) is 0 Å². The molecule has 3 heterocycles. The Morgan fingerprint density at radius 3 is 2.73 bits per heavy atom. The number of hydrogen-bond donors (Lipinski definition) is 0. The van der Waals surface area contributed by atoms with Gasteiger partial charge in [-0.15, -0.1) is 0 Å². The predicted octanol–water partition coefficient (Wildman–Crippen LogP) is 5.49. The molecule has 4 nitrogen and oxygen atoms in total. The maximum atomic E-state index is 9.28. The summed E-state index contributed by atoms with van der Waals surface area (Å²) in [6, 6.07) is 10.3. The average Bonchev–Trinajstić information content (AvgIpc) is 2.99. The Morgan fingerprint density at radius 2 is 1.96 bits per heavy atom. The first-order valence-corrected chi connectivity index (χ1v) is 8.91. The van der Waals surface area contributed by atoms with Crippen LogP contribution in [0.2, 0.25) is 5.02 Å². The van der Waals surface area contributed by atoms with Gasteiger partial charge in [-0.2, -0.15) is 5.26 Å². The highest BCUT2D eigenvalue weighted by Gasteiger charge is 2.11. The van der Waals surface area contributed by atoms with Crippen LogP contribution >= 0.6 is 11.6 Å². The molecule has 0 saturated carbocycles. The molecule has 0 atom stereocenters. The molecule has 0 aliphatic rings. The molecule has 0 N–H and O–H groups in total. The number of halogens is 1. The second-order valence-electron chi connectivity index (χ2n) is 5.81. The number of aryl methyl sites for hydroxylation is 1. The zero-order valence-electron chi connectivity index (χ0n) is 15.0. The van der Waals surface area contributed by atoms with Crippen LogP contribution < -0.4 is 0 Å². The maximum absolute atomic E-state index is 9.28. The minimum Gasteiger partial charge on any atom is -0.341 e. The molecule has 4 rings (SSSR count). The van der Waals surface area contributed by atoms with Crippen LogP contribution in [-0.2, 0) is 6.54 Å². The normalized spacial score (nSPS) is 10.4. The van der Waals surface area contributed by atoms with E-state index in [0.29, 0.717) is 17.1 Å². The van der Waals surface area contributed by atoms with Gasteiger partial charge in [-0.05, 0) is 36.2 Å². The Hall–Kier alpha value is -2.90. The first kappa shape index (κ1) is 17.9. The van der Waals surface area contributed by atoms with Crippen molar-refractivity contribution in [1.82, 2.24) is 14.5 Å². The molecule has 130 valence electrons. The Bertz CT molecular complexity index is 1120. The van der Waals surface area contributed by atoms with Crippen LogP contribution in [0.25, 0.3) is 21.8 Å². The quantitative estimate of drug-likeness (QED) is 0.473. The summed E-state index contributed by atoms with van der Waals surface area (Å²) in [6.45, 7) is 6.72. The van der Waals surface area contributed by atoms with Crippen LogP contribution in [-0.4, -0.2) is 14.5 Å². The molecule has 0 aliphatic heterocycles. The van der Waals surface area contributed by atoms with Crippen LogP contribution in [0.3, 0.4) is 0 Å². The number of nitriles is 1. The van der Waals surface area contributed by atoms with E-state index in [1.807, 2.05) is 39.1 Å². The summed E-state index contributed by atoms with van der Waals surface area (Å²) < 4.78 is 2.12. The first-order chi connectivity index (χ1) is 12.7. The Morgan fingerprint density at radius 1 is 1.15 bits per heavy atom. The van der Waals surface area contributed by atoms with Gasteiger partial charge in [-0.3, -0.25) is 9.97 Å².